The van der Waals surface area contributed by atoms with Gasteiger partial charge in [0.05, 0.1) is 5.69 Å². The lowest BCUT2D eigenvalue weighted by Crippen LogP contribution is -2.51. The number of pyridine rings is 1. The first kappa shape index (κ1) is 18.7. The van der Waals surface area contributed by atoms with E-state index in [9.17, 15) is 14.4 Å². The van der Waals surface area contributed by atoms with Crippen LogP contribution in [0, 0.1) is 11.3 Å². The van der Waals surface area contributed by atoms with Crippen LogP contribution in [0.25, 0.3) is 0 Å². The zero-order valence-corrected chi connectivity index (χ0v) is 14.3. The minimum Gasteiger partial charge on any atom is -0.344 e. The highest BCUT2D eigenvalue weighted by Gasteiger charge is 2.28. The molecular formula is C16H26N4O3. The number of hydrogen-bond donors (Lipinski definition) is 4. The predicted molar refractivity (Wildman–Crippen MR) is 89.7 cm³/mol. The van der Waals surface area contributed by atoms with Crippen LogP contribution in [0.5, 0.6) is 0 Å². The Morgan fingerprint density at radius 2 is 1.91 bits per heavy atom. The molecule has 1 rings (SSSR count). The summed E-state index contributed by atoms with van der Waals surface area (Å²) in [5, 5.41) is 2.78. The van der Waals surface area contributed by atoms with Crippen LogP contribution >= 0.6 is 0 Å². The fraction of sp³-hybridized carbons (Fsp3) is 0.562. The van der Waals surface area contributed by atoms with Crippen molar-refractivity contribution >= 4 is 17.5 Å². The van der Waals surface area contributed by atoms with Gasteiger partial charge in [-0.25, -0.2) is 0 Å². The normalized spacial score (nSPS) is 12.6. The fourth-order valence-electron chi connectivity index (χ4n) is 1.82. The first-order valence-corrected chi connectivity index (χ1v) is 7.65. The second-order valence-corrected chi connectivity index (χ2v) is 6.96. The SMILES string of the molecule is CC(C)C[C@H](NC(=O)C(C)(C)C)C(=O)NNc1cc[nH]c(=O)c1. The van der Waals surface area contributed by atoms with Gasteiger partial charge >= 0.3 is 0 Å². The molecule has 7 heteroatoms. The van der Waals surface area contributed by atoms with Crippen molar-refractivity contribution in [2.24, 2.45) is 11.3 Å². The molecule has 7 nitrogen and oxygen atoms in total. The Balaban J connectivity index is 2.72. The molecule has 0 bridgehead atoms. The zero-order valence-electron chi connectivity index (χ0n) is 14.3. The van der Waals surface area contributed by atoms with Gasteiger partial charge in [-0.3, -0.25) is 25.2 Å². The Morgan fingerprint density at radius 3 is 2.43 bits per heavy atom. The van der Waals surface area contributed by atoms with Gasteiger partial charge in [0.2, 0.25) is 11.5 Å². The Hall–Kier alpha value is -2.31. The number of carbonyl (C=O) groups is 2. The maximum absolute atomic E-state index is 12.3. The van der Waals surface area contributed by atoms with E-state index in [2.05, 4.69) is 21.2 Å². The van der Waals surface area contributed by atoms with Crippen LogP contribution in [0.3, 0.4) is 0 Å². The summed E-state index contributed by atoms with van der Waals surface area (Å²) in [6.07, 6.45) is 1.99. The van der Waals surface area contributed by atoms with Gasteiger partial charge in [-0.15, -0.1) is 0 Å². The van der Waals surface area contributed by atoms with Crippen molar-refractivity contribution in [1.29, 1.82) is 0 Å². The van der Waals surface area contributed by atoms with Crippen LogP contribution in [0.15, 0.2) is 23.1 Å². The topological polar surface area (TPSA) is 103 Å². The van der Waals surface area contributed by atoms with E-state index in [0.717, 1.165) is 0 Å². The Labute approximate surface area is 136 Å². The number of rotatable bonds is 6. The number of nitrogens with one attached hydrogen (secondary N) is 4. The lowest BCUT2D eigenvalue weighted by molar-refractivity contribution is -0.133. The average Bonchev–Trinajstić information content (AvgIpc) is 2.42. The van der Waals surface area contributed by atoms with Crippen LogP contribution < -0.4 is 21.7 Å². The average molecular weight is 322 g/mol. The summed E-state index contributed by atoms with van der Waals surface area (Å²) >= 11 is 0. The first-order chi connectivity index (χ1) is 10.6. The molecule has 0 unspecified atom stereocenters. The van der Waals surface area contributed by atoms with Gasteiger partial charge in [0.1, 0.15) is 6.04 Å². The molecule has 0 aliphatic carbocycles. The van der Waals surface area contributed by atoms with Crippen LogP contribution in [0.1, 0.15) is 41.0 Å². The molecule has 0 aromatic carbocycles. The van der Waals surface area contributed by atoms with Gasteiger partial charge in [0.25, 0.3) is 5.91 Å². The molecule has 23 heavy (non-hydrogen) atoms. The van der Waals surface area contributed by atoms with E-state index in [1.165, 1.54) is 12.3 Å². The molecule has 128 valence electrons. The first-order valence-electron chi connectivity index (χ1n) is 7.65. The number of aromatic nitrogens is 1. The number of anilines is 1. The molecule has 0 saturated heterocycles. The molecule has 0 aliphatic heterocycles. The van der Waals surface area contributed by atoms with Crippen LogP contribution in [-0.2, 0) is 9.59 Å². The highest BCUT2D eigenvalue weighted by molar-refractivity contribution is 5.90. The van der Waals surface area contributed by atoms with E-state index in [4.69, 9.17) is 0 Å². The summed E-state index contributed by atoms with van der Waals surface area (Å²) in [4.78, 5) is 38.1. The van der Waals surface area contributed by atoms with Crippen molar-refractivity contribution in [3.63, 3.8) is 0 Å². The van der Waals surface area contributed by atoms with Crippen LogP contribution in [-0.4, -0.2) is 22.8 Å². The molecule has 1 atom stereocenters. The van der Waals surface area contributed by atoms with Crippen molar-refractivity contribution in [1.82, 2.24) is 15.7 Å². The van der Waals surface area contributed by atoms with Gasteiger partial charge in [-0.05, 0) is 18.4 Å². The van der Waals surface area contributed by atoms with Gasteiger partial charge in [-0.1, -0.05) is 34.6 Å². The number of carbonyl (C=O) groups excluding carboxylic acids is 2. The molecule has 4 N–H and O–H groups in total. The maximum atomic E-state index is 12.3. The van der Waals surface area contributed by atoms with Crippen molar-refractivity contribution < 1.29 is 9.59 Å². The molecule has 1 aromatic rings. The molecule has 0 aliphatic rings. The number of aromatic amines is 1. The minimum atomic E-state index is -0.642. The van der Waals surface area contributed by atoms with Crippen molar-refractivity contribution in [3.8, 4) is 0 Å². The van der Waals surface area contributed by atoms with E-state index >= 15 is 0 Å². The van der Waals surface area contributed by atoms with E-state index in [1.54, 1.807) is 26.8 Å². The quantitative estimate of drug-likeness (QED) is 0.594. The number of hydrazine groups is 1. The summed E-state index contributed by atoms with van der Waals surface area (Å²) in [6, 6.07) is 2.30. The minimum absolute atomic E-state index is 0.186. The van der Waals surface area contributed by atoms with Gasteiger partial charge in [-0.2, -0.15) is 0 Å². The lowest BCUT2D eigenvalue weighted by atomic mass is 9.94. The van der Waals surface area contributed by atoms with E-state index in [0.29, 0.717) is 12.1 Å². The monoisotopic (exact) mass is 322 g/mol. The summed E-state index contributed by atoms with van der Waals surface area (Å²) < 4.78 is 0. The molecule has 0 saturated carbocycles. The third kappa shape index (κ3) is 6.54. The van der Waals surface area contributed by atoms with Crippen molar-refractivity contribution in [3.05, 3.63) is 28.7 Å². The molecular weight excluding hydrogens is 296 g/mol. The van der Waals surface area contributed by atoms with Crippen LogP contribution in [0.2, 0.25) is 0 Å². The molecule has 2 amide bonds. The summed E-state index contributed by atoms with van der Waals surface area (Å²) in [5.41, 5.74) is 4.83. The van der Waals surface area contributed by atoms with Gasteiger partial charge in [0, 0.05) is 17.7 Å². The summed E-state index contributed by atoms with van der Waals surface area (Å²) in [7, 11) is 0. The Morgan fingerprint density at radius 1 is 1.26 bits per heavy atom. The number of amides is 2. The number of H-pyrrole nitrogens is 1. The lowest BCUT2D eigenvalue weighted by Gasteiger charge is -2.25. The fourth-order valence-corrected chi connectivity index (χ4v) is 1.82. The van der Waals surface area contributed by atoms with Crippen molar-refractivity contribution in [2.45, 2.75) is 47.1 Å². The smallest absolute Gasteiger partial charge is 0.260 e. The zero-order chi connectivity index (χ0) is 17.6. The second kappa shape index (κ2) is 7.80. The van der Waals surface area contributed by atoms with Gasteiger partial charge in [0.15, 0.2) is 0 Å². The maximum Gasteiger partial charge on any atom is 0.260 e. The van der Waals surface area contributed by atoms with Gasteiger partial charge < -0.3 is 10.3 Å². The Bertz CT molecular complexity index is 602. The van der Waals surface area contributed by atoms with Crippen LogP contribution in [0.4, 0.5) is 5.69 Å². The molecule has 1 aromatic heterocycles. The third-order valence-corrected chi connectivity index (χ3v) is 3.12. The summed E-state index contributed by atoms with van der Waals surface area (Å²) in [5.74, 6) is -0.295. The molecule has 0 fully saturated rings. The van der Waals surface area contributed by atoms with E-state index in [-0.39, 0.29) is 23.3 Å². The summed E-state index contributed by atoms with van der Waals surface area (Å²) in [6.45, 7) is 9.34. The highest BCUT2D eigenvalue weighted by Crippen LogP contribution is 2.14. The Kier molecular flexibility index (Phi) is 6.36. The van der Waals surface area contributed by atoms with E-state index < -0.39 is 11.5 Å². The highest BCUT2D eigenvalue weighted by atomic mass is 16.2. The molecule has 0 spiro atoms. The third-order valence-electron chi connectivity index (χ3n) is 3.12. The standard InChI is InChI=1S/C16H26N4O3/c1-10(2)8-12(18-15(23)16(3,4)5)14(22)20-19-11-6-7-17-13(21)9-11/h6-7,9-10,12H,8H2,1-5H3,(H,18,23)(H,20,22)(H2,17,19,21)/t12-/m0/s1. The molecule has 0 radical (unpaired) electrons. The molecule has 1 heterocycles. The van der Waals surface area contributed by atoms with E-state index in [1.807, 2.05) is 13.8 Å². The van der Waals surface area contributed by atoms with Crippen molar-refractivity contribution in [2.75, 3.05) is 5.43 Å². The second-order valence-electron chi connectivity index (χ2n) is 6.96. The largest absolute Gasteiger partial charge is 0.344 e. The predicted octanol–water partition coefficient (Wildman–Crippen LogP) is 1.39. The number of hydrogen-bond acceptors (Lipinski definition) is 4.